The van der Waals surface area contributed by atoms with Gasteiger partial charge in [-0.05, 0) is 0 Å². The zero-order chi connectivity index (χ0) is 5.86. The molecule has 0 heterocycles. The molecule has 0 aromatic rings. The van der Waals surface area contributed by atoms with Crippen molar-refractivity contribution >= 4 is 93.0 Å². The molecule has 0 saturated heterocycles. The molecule has 0 amide bonds. The van der Waals surface area contributed by atoms with Gasteiger partial charge in [-0.25, -0.2) is 4.79 Å². The molecule has 0 rings (SSSR count). The van der Waals surface area contributed by atoms with Crippen molar-refractivity contribution in [2.75, 3.05) is 0 Å². The summed E-state index contributed by atoms with van der Waals surface area (Å²) in [5, 5.41) is 7.51. The van der Waals surface area contributed by atoms with Gasteiger partial charge in [0, 0.05) is 0 Å². The van der Waals surface area contributed by atoms with Crippen LogP contribution in [0.15, 0.2) is 0 Å². The van der Waals surface area contributed by atoms with Crippen LogP contribution in [0.4, 0.5) is 4.79 Å². The summed E-state index contributed by atoms with van der Waals surface area (Å²) in [5.74, 6) is 0. The van der Waals surface area contributed by atoms with Crippen molar-refractivity contribution in [2.24, 2.45) is 0 Å². The summed E-state index contributed by atoms with van der Waals surface area (Å²) in [6, 6.07) is 0. The van der Waals surface area contributed by atoms with Crippen LogP contribution in [-0.4, -0.2) is 95.5 Å². The Labute approximate surface area is 120 Å². The molecule has 0 aliphatic rings. The van der Waals surface area contributed by atoms with Crippen LogP contribution >= 0.6 is 0 Å². The van der Waals surface area contributed by atoms with Crippen LogP contribution in [0.5, 0.6) is 0 Å². The molecular weight excluding hydrogens is 204 g/mol. The van der Waals surface area contributed by atoms with Crippen LogP contribution in [0.2, 0.25) is 0 Å². The number of carboxylic acid groups (broad SMARTS) is 1. The molecule has 0 aromatic carbocycles. The fourth-order valence-electron chi connectivity index (χ4n) is 0.0610. The number of hydrogen-bond donors (Lipinski definition) is 2. The van der Waals surface area contributed by atoms with E-state index in [1.54, 1.807) is 0 Å². The molecule has 1 atom stereocenters. The van der Waals surface area contributed by atoms with Crippen LogP contribution in [0.3, 0.4) is 0 Å². The number of rotatable bonds is 1. The third-order valence-electron chi connectivity index (χ3n) is 0.143. The Kier molecular flexibility index (Phi) is 18.8. The van der Waals surface area contributed by atoms with E-state index in [9.17, 15) is 9.00 Å². The van der Waals surface area contributed by atoms with Crippen molar-refractivity contribution in [3.63, 3.8) is 0 Å². The van der Waals surface area contributed by atoms with Crippen LogP contribution in [0.1, 0.15) is 5.71 Å². The van der Waals surface area contributed by atoms with Gasteiger partial charge in [-0.1, -0.05) is 0 Å². The van der Waals surface area contributed by atoms with Crippen LogP contribution in [0, 0.1) is 0 Å². The second kappa shape index (κ2) is 9.90. The predicted molar refractivity (Wildman–Crippen MR) is 35.8 cm³/mol. The Hall–Kier alpha value is 1.90. The van der Waals surface area contributed by atoms with E-state index >= 15 is 0 Å². The van der Waals surface area contributed by atoms with Gasteiger partial charge in [-0.3, -0.25) is 4.55 Å². The van der Waals surface area contributed by atoms with E-state index in [-0.39, 0.29) is 81.2 Å². The monoisotopic (exact) mass is 210 g/mol. The number of carbonyl (C=O) groups is 1. The summed E-state index contributed by atoms with van der Waals surface area (Å²) in [6.45, 7) is 0. The Morgan fingerprint density at radius 2 is 1.89 bits per heavy atom. The fraction of sp³-hybridized carbons (Fsp3) is 0. The Bertz CT molecular complexity index is 103. The summed E-state index contributed by atoms with van der Waals surface area (Å²) < 4.78 is 20.1. The Morgan fingerprint density at radius 1 is 1.56 bits per heavy atom. The van der Waals surface area contributed by atoms with Crippen molar-refractivity contribution < 1.29 is 28.6 Å². The maximum Gasteiger partial charge on any atom is 2.00 e. The van der Waals surface area contributed by atoms with E-state index in [0.29, 0.717) is 0 Å². The molecule has 0 aliphatic heterocycles. The predicted octanol–water partition coefficient (Wildman–Crippen LogP) is -0.494. The van der Waals surface area contributed by atoms with Gasteiger partial charge in [-0.15, -0.1) is 0 Å². The minimum absolute atomic E-state index is 0. The van der Waals surface area contributed by atoms with Gasteiger partial charge < -0.3 is 15.0 Å². The first-order valence-corrected chi connectivity index (χ1v) is 2.18. The molecular formula is CH6Ca2O5S. The quantitative estimate of drug-likeness (QED) is 0.450. The Balaban J connectivity index is -0.0000000120. The standard InChI is InChI=1S/CH2O5S.2Ca.4H/c2-1(3)6-7(4)5;;;;;;/h(H,2,3)(H,4,5);;;;;;/q;2*+2;4*-1. The van der Waals surface area contributed by atoms with Crippen molar-refractivity contribution in [1.82, 2.24) is 0 Å². The molecule has 0 bridgehead atoms. The van der Waals surface area contributed by atoms with E-state index in [4.69, 9.17) is 9.66 Å². The van der Waals surface area contributed by atoms with Crippen molar-refractivity contribution in [2.45, 2.75) is 0 Å². The zero-order valence-corrected chi connectivity index (χ0v) is 9.67. The average Bonchev–Trinajstić information content (AvgIpc) is 1.27. The third-order valence-corrected chi connectivity index (χ3v) is 0.428. The number of hydrogen-bond acceptors (Lipinski definition) is 3. The van der Waals surface area contributed by atoms with E-state index in [1.807, 2.05) is 0 Å². The van der Waals surface area contributed by atoms with E-state index < -0.39 is 17.5 Å². The normalized spacial score (nSPS) is 9.89. The van der Waals surface area contributed by atoms with Crippen LogP contribution in [0.25, 0.3) is 0 Å². The first-order chi connectivity index (χ1) is 3.13. The first kappa shape index (κ1) is 17.1. The SMILES string of the molecule is O=C(O)OS(=O)O.[Ca+2].[Ca+2].[H-].[H-].[H-].[H-]. The topological polar surface area (TPSA) is 83.8 Å². The van der Waals surface area contributed by atoms with Gasteiger partial charge in [0.15, 0.2) is 0 Å². The summed E-state index contributed by atoms with van der Waals surface area (Å²) in [4.78, 5) is 9.23. The minimum atomic E-state index is -2.70. The van der Waals surface area contributed by atoms with Gasteiger partial charge in [0.1, 0.15) is 0 Å². The molecule has 0 aliphatic carbocycles. The molecule has 9 heavy (non-hydrogen) atoms. The van der Waals surface area contributed by atoms with Crippen molar-refractivity contribution in [3.05, 3.63) is 0 Å². The fourth-order valence-corrected chi connectivity index (χ4v) is 0.183. The summed E-state index contributed by atoms with van der Waals surface area (Å²) in [5.41, 5.74) is 0. The molecule has 0 fully saturated rings. The second-order valence-corrected chi connectivity index (χ2v) is 1.17. The molecule has 1 unspecified atom stereocenters. The molecule has 5 nitrogen and oxygen atoms in total. The maximum absolute atomic E-state index is 9.32. The molecule has 2 N–H and O–H groups in total. The smallest absolute Gasteiger partial charge is 1.00 e. The summed E-state index contributed by atoms with van der Waals surface area (Å²) in [6.07, 6.45) is -1.76. The third kappa shape index (κ3) is 17.7. The van der Waals surface area contributed by atoms with Crippen LogP contribution < -0.4 is 0 Å². The minimum Gasteiger partial charge on any atom is -1.00 e. The van der Waals surface area contributed by atoms with E-state index in [1.165, 1.54) is 0 Å². The molecule has 0 radical (unpaired) electrons. The first-order valence-electron chi connectivity index (χ1n) is 1.15. The molecule has 0 aromatic heterocycles. The van der Waals surface area contributed by atoms with Gasteiger partial charge in [0.2, 0.25) is 0 Å². The van der Waals surface area contributed by atoms with Gasteiger partial charge in [-0.2, -0.15) is 4.21 Å². The summed E-state index contributed by atoms with van der Waals surface area (Å²) in [7, 11) is 0. The second-order valence-electron chi connectivity index (χ2n) is 0.566. The average molecular weight is 210 g/mol. The molecule has 0 saturated carbocycles. The van der Waals surface area contributed by atoms with E-state index in [0.717, 1.165) is 0 Å². The zero-order valence-electron chi connectivity index (χ0n) is 8.44. The van der Waals surface area contributed by atoms with Gasteiger partial charge in [0.05, 0.1) is 0 Å². The van der Waals surface area contributed by atoms with Crippen LogP contribution in [-0.2, 0) is 15.5 Å². The van der Waals surface area contributed by atoms with Crippen molar-refractivity contribution in [1.29, 1.82) is 0 Å². The largest absolute Gasteiger partial charge is 2.00 e. The maximum atomic E-state index is 9.32. The molecule has 50 valence electrons. The summed E-state index contributed by atoms with van der Waals surface area (Å²) >= 11 is -2.70. The van der Waals surface area contributed by atoms with Gasteiger partial charge >= 0.3 is 93.0 Å². The van der Waals surface area contributed by atoms with Crippen molar-refractivity contribution in [3.8, 4) is 0 Å². The van der Waals surface area contributed by atoms with E-state index in [2.05, 4.69) is 4.18 Å². The van der Waals surface area contributed by atoms with Gasteiger partial charge in [0.25, 0.3) is 0 Å². The Morgan fingerprint density at radius 3 is 1.89 bits per heavy atom. The molecule has 0 spiro atoms. The molecule has 8 heteroatoms.